The van der Waals surface area contributed by atoms with E-state index in [2.05, 4.69) is 10.3 Å². The fourth-order valence-electron chi connectivity index (χ4n) is 1.68. The Morgan fingerprint density at radius 3 is 2.75 bits per heavy atom. The number of halogens is 2. The van der Waals surface area contributed by atoms with Crippen LogP contribution in [0.15, 0.2) is 24.4 Å². The minimum Gasteiger partial charge on any atom is -0.394 e. The molecule has 0 spiro atoms. The third kappa shape index (κ3) is 2.75. The minimum absolute atomic E-state index is 0.122. The summed E-state index contributed by atoms with van der Waals surface area (Å²) in [6.45, 7) is 3.10. The summed E-state index contributed by atoms with van der Waals surface area (Å²) in [5, 5.41) is 12.1. The molecule has 0 aliphatic carbocycles. The average Bonchev–Trinajstić information content (AvgIpc) is 2.42. The number of amides is 1. The zero-order chi connectivity index (χ0) is 14.9. The SMILES string of the molecule is CC(C)(CO)NC(=O)c1cnc2c(F)c(F)ccc2c1. The summed E-state index contributed by atoms with van der Waals surface area (Å²) in [5.74, 6) is -2.46. The molecule has 0 bridgehead atoms. The highest BCUT2D eigenvalue weighted by molar-refractivity contribution is 5.97. The maximum Gasteiger partial charge on any atom is 0.253 e. The number of hydrogen-bond donors (Lipinski definition) is 2. The van der Waals surface area contributed by atoms with Crippen molar-refractivity contribution in [3.63, 3.8) is 0 Å². The maximum absolute atomic E-state index is 13.5. The van der Waals surface area contributed by atoms with Gasteiger partial charge >= 0.3 is 0 Å². The van der Waals surface area contributed by atoms with E-state index in [1.54, 1.807) is 13.8 Å². The van der Waals surface area contributed by atoms with Gasteiger partial charge in [0, 0.05) is 11.6 Å². The van der Waals surface area contributed by atoms with Gasteiger partial charge in [-0.15, -0.1) is 0 Å². The highest BCUT2D eigenvalue weighted by atomic mass is 19.2. The van der Waals surface area contributed by atoms with E-state index in [9.17, 15) is 13.6 Å². The first kappa shape index (κ1) is 14.3. The monoisotopic (exact) mass is 280 g/mol. The zero-order valence-corrected chi connectivity index (χ0v) is 11.1. The average molecular weight is 280 g/mol. The first-order valence-corrected chi connectivity index (χ1v) is 6.01. The number of nitrogens with zero attached hydrogens (tertiary/aromatic N) is 1. The molecule has 0 saturated heterocycles. The molecule has 0 fully saturated rings. The first-order chi connectivity index (χ1) is 9.34. The summed E-state index contributed by atoms with van der Waals surface area (Å²) in [5.41, 5.74) is -0.687. The first-order valence-electron chi connectivity index (χ1n) is 6.01. The Morgan fingerprint density at radius 1 is 1.40 bits per heavy atom. The van der Waals surface area contributed by atoms with Gasteiger partial charge in [0.15, 0.2) is 11.6 Å². The zero-order valence-electron chi connectivity index (χ0n) is 11.1. The van der Waals surface area contributed by atoms with Crippen LogP contribution in [0.1, 0.15) is 24.2 Å². The Balaban J connectivity index is 2.38. The van der Waals surface area contributed by atoms with Crippen LogP contribution in [-0.2, 0) is 0 Å². The summed E-state index contributed by atoms with van der Waals surface area (Å²) in [4.78, 5) is 15.8. The Hall–Kier alpha value is -2.08. The number of pyridine rings is 1. The predicted molar refractivity (Wildman–Crippen MR) is 70.3 cm³/mol. The quantitative estimate of drug-likeness (QED) is 0.904. The highest BCUT2D eigenvalue weighted by Gasteiger charge is 2.20. The van der Waals surface area contributed by atoms with Gasteiger partial charge in [-0.1, -0.05) is 0 Å². The van der Waals surface area contributed by atoms with Crippen molar-refractivity contribution in [1.82, 2.24) is 10.3 Å². The van der Waals surface area contributed by atoms with Crippen LogP contribution in [0.2, 0.25) is 0 Å². The molecule has 1 aromatic heterocycles. The largest absolute Gasteiger partial charge is 0.394 e. The van der Waals surface area contributed by atoms with E-state index >= 15 is 0 Å². The Morgan fingerprint density at radius 2 is 2.10 bits per heavy atom. The van der Waals surface area contributed by atoms with E-state index in [-0.39, 0.29) is 17.7 Å². The molecule has 0 aliphatic heterocycles. The number of carbonyl (C=O) groups is 1. The minimum atomic E-state index is -1.04. The van der Waals surface area contributed by atoms with Crippen molar-refractivity contribution in [3.8, 4) is 0 Å². The molecule has 1 aromatic carbocycles. The molecule has 2 N–H and O–H groups in total. The topological polar surface area (TPSA) is 62.2 Å². The fourth-order valence-corrected chi connectivity index (χ4v) is 1.68. The van der Waals surface area contributed by atoms with E-state index in [0.29, 0.717) is 5.39 Å². The lowest BCUT2D eigenvalue weighted by molar-refractivity contribution is 0.0869. The standard InChI is InChI=1S/C14H14F2N2O2/c1-14(2,7-19)18-13(20)9-5-8-3-4-10(15)11(16)12(8)17-6-9/h3-6,19H,7H2,1-2H3,(H,18,20). The number of aromatic nitrogens is 1. The van der Waals surface area contributed by atoms with E-state index in [1.807, 2.05) is 0 Å². The lowest BCUT2D eigenvalue weighted by atomic mass is 10.1. The normalized spacial score (nSPS) is 11.7. The van der Waals surface area contributed by atoms with Crippen LogP contribution < -0.4 is 5.32 Å². The van der Waals surface area contributed by atoms with E-state index in [4.69, 9.17) is 5.11 Å². The van der Waals surface area contributed by atoms with Crippen LogP contribution in [0, 0.1) is 11.6 Å². The van der Waals surface area contributed by atoms with Crippen LogP contribution in [0.4, 0.5) is 8.78 Å². The molecule has 2 aromatic rings. The number of benzene rings is 1. The van der Waals surface area contributed by atoms with Gasteiger partial charge in [-0.2, -0.15) is 0 Å². The van der Waals surface area contributed by atoms with Crippen LogP contribution in [0.5, 0.6) is 0 Å². The van der Waals surface area contributed by atoms with Gasteiger partial charge < -0.3 is 10.4 Å². The van der Waals surface area contributed by atoms with Crippen molar-refractivity contribution in [2.45, 2.75) is 19.4 Å². The second kappa shape index (κ2) is 5.13. The maximum atomic E-state index is 13.5. The van der Waals surface area contributed by atoms with Crippen molar-refractivity contribution in [2.24, 2.45) is 0 Å². The number of aliphatic hydroxyl groups is 1. The second-order valence-corrected chi connectivity index (χ2v) is 5.15. The highest BCUT2D eigenvalue weighted by Crippen LogP contribution is 2.19. The molecule has 0 unspecified atom stereocenters. The Kier molecular flexibility index (Phi) is 3.67. The van der Waals surface area contributed by atoms with Gasteiger partial charge in [0.2, 0.25) is 0 Å². The number of fused-ring (bicyclic) bond motifs is 1. The second-order valence-electron chi connectivity index (χ2n) is 5.15. The summed E-state index contributed by atoms with van der Waals surface area (Å²) < 4.78 is 26.5. The number of aliphatic hydroxyl groups excluding tert-OH is 1. The van der Waals surface area contributed by atoms with Gasteiger partial charge in [0.1, 0.15) is 5.52 Å². The van der Waals surface area contributed by atoms with Crippen LogP contribution >= 0.6 is 0 Å². The molecular formula is C14H14F2N2O2. The summed E-state index contributed by atoms with van der Waals surface area (Å²) in [6.07, 6.45) is 1.17. The van der Waals surface area contributed by atoms with Gasteiger partial charge in [-0.25, -0.2) is 8.78 Å². The van der Waals surface area contributed by atoms with Crippen molar-refractivity contribution in [1.29, 1.82) is 0 Å². The van der Waals surface area contributed by atoms with Crippen LogP contribution in [-0.4, -0.2) is 28.1 Å². The number of rotatable bonds is 3. The van der Waals surface area contributed by atoms with Crippen LogP contribution in [0.25, 0.3) is 10.9 Å². The van der Waals surface area contributed by atoms with Crippen molar-refractivity contribution in [2.75, 3.05) is 6.61 Å². The molecular weight excluding hydrogens is 266 g/mol. The van der Waals surface area contributed by atoms with Crippen molar-refractivity contribution in [3.05, 3.63) is 41.6 Å². The van der Waals surface area contributed by atoms with E-state index in [0.717, 1.165) is 6.07 Å². The summed E-state index contributed by atoms with van der Waals surface area (Å²) in [7, 11) is 0. The number of hydrogen-bond acceptors (Lipinski definition) is 3. The molecule has 1 amide bonds. The fraction of sp³-hybridized carbons (Fsp3) is 0.286. The smallest absolute Gasteiger partial charge is 0.253 e. The molecule has 0 saturated carbocycles. The molecule has 20 heavy (non-hydrogen) atoms. The lowest BCUT2D eigenvalue weighted by Crippen LogP contribution is -2.46. The van der Waals surface area contributed by atoms with Gasteiger partial charge in [0.05, 0.1) is 17.7 Å². The van der Waals surface area contributed by atoms with E-state index in [1.165, 1.54) is 18.3 Å². The molecule has 0 aliphatic rings. The predicted octanol–water partition coefficient (Wildman–Crippen LogP) is 2.01. The van der Waals surface area contributed by atoms with Crippen molar-refractivity contribution < 1.29 is 18.7 Å². The molecule has 6 heteroatoms. The Bertz CT molecular complexity index is 672. The number of carbonyl (C=O) groups excluding carboxylic acids is 1. The molecule has 0 radical (unpaired) electrons. The van der Waals surface area contributed by atoms with Crippen LogP contribution in [0.3, 0.4) is 0 Å². The third-order valence-corrected chi connectivity index (χ3v) is 2.85. The molecule has 1 heterocycles. The molecule has 4 nitrogen and oxygen atoms in total. The lowest BCUT2D eigenvalue weighted by Gasteiger charge is -2.23. The van der Waals surface area contributed by atoms with E-state index < -0.39 is 23.1 Å². The summed E-state index contributed by atoms with van der Waals surface area (Å²) in [6, 6.07) is 3.76. The molecule has 106 valence electrons. The third-order valence-electron chi connectivity index (χ3n) is 2.85. The number of nitrogens with one attached hydrogen (secondary N) is 1. The molecule has 2 rings (SSSR count). The Labute approximate surface area is 114 Å². The van der Waals surface area contributed by atoms with Gasteiger partial charge in [-0.3, -0.25) is 9.78 Å². The van der Waals surface area contributed by atoms with Gasteiger partial charge in [-0.05, 0) is 32.0 Å². The van der Waals surface area contributed by atoms with Gasteiger partial charge in [0.25, 0.3) is 5.91 Å². The van der Waals surface area contributed by atoms with Crippen molar-refractivity contribution >= 4 is 16.8 Å². The molecule has 0 atom stereocenters. The summed E-state index contributed by atoms with van der Waals surface area (Å²) >= 11 is 0.